The Bertz CT molecular complexity index is 510. The third kappa shape index (κ3) is 8.48. The highest BCUT2D eigenvalue weighted by atomic mass is 35.5. The molecule has 0 bridgehead atoms. The highest BCUT2D eigenvalue weighted by Gasteiger charge is 2.31. The van der Waals surface area contributed by atoms with E-state index in [9.17, 15) is 18.0 Å². The molecule has 0 spiro atoms. The first-order valence-corrected chi connectivity index (χ1v) is 8.16. The summed E-state index contributed by atoms with van der Waals surface area (Å²) in [5.41, 5.74) is 5.06. The lowest BCUT2D eigenvalue weighted by Crippen LogP contribution is -2.16. The molecule has 8 heteroatoms. The van der Waals surface area contributed by atoms with Crippen molar-refractivity contribution in [3.63, 3.8) is 0 Å². The Kier molecular flexibility index (Phi) is 9.65. The van der Waals surface area contributed by atoms with Crippen LogP contribution in [0.1, 0.15) is 31.4 Å². The Labute approximate surface area is 145 Å². The molecule has 0 aliphatic carbocycles. The Balaban J connectivity index is 0.00000484. The van der Waals surface area contributed by atoms with Crippen molar-refractivity contribution < 1.29 is 18.0 Å². The fraction of sp³-hybridized carbons (Fsp3) is 0.533. The molecule has 1 rings (SSSR count). The van der Waals surface area contributed by atoms with Crippen molar-refractivity contribution in [3.05, 3.63) is 29.3 Å². The molecule has 132 valence electrons. The van der Waals surface area contributed by atoms with Gasteiger partial charge in [-0.25, -0.2) is 0 Å². The molecule has 3 N–H and O–H groups in total. The number of nitrogens with one attached hydrogen (secondary N) is 1. The zero-order chi connectivity index (χ0) is 16.8. The molecule has 0 fully saturated rings. The molecule has 23 heavy (non-hydrogen) atoms. The summed E-state index contributed by atoms with van der Waals surface area (Å²) in [6, 6.07) is 3.38. The van der Waals surface area contributed by atoms with E-state index in [1.165, 1.54) is 17.8 Å². The number of carbonyl (C=O) groups is 1. The molecule has 0 radical (unpaired) electrons. The topological polar surface area (TPSA) is 55.1 Å². The number of alkyl halides is 3. The van der Waals surface area contributed by atoms with Crippen molar-refractivity contribution in [1.29, 1.82) is 0 Å². The van der Waals surface area contributed by atoms with E-state index >= 15 is 0 Å². The molecule has 0 aromatic heterocycles. The molecule has 0 atom stereocenters. The Morgan fingerprint density at radius 1 is 1.30 bits per heavy atom. The smallest absolute Gasteiger partial charge is 0.326 e. The van der Waals surface area contributed by atoms with Crippen molar-refractivity contribution in [3.8, 4) is 0 Å². The SMILES string of the molecule is CC(C)CCSCC(=O)Nc1cc(CN)cc(C(F)(F)F)c1.Cl. The van der Waals surface area contributed by atoms with E-state index in [4.69, 9.17) is 5.73 Å². The predicted molar refractivity (Wildman–Crippen MR) is 92.0 cm³/mol. The predicted octanol–water partition coefficient (Wildman–Crippen LogP) is 4.30. The van der Waals surface area contributed by atoms with Crippen LogP contribution in [0.4, 0.5) is 18.9 Å². The number of rotatable bonds is 7. The Hall–Kier alpha value is -0.920. The Morgan fingerprint density at radius 2 is 1.96 bits per heavy atom. The molecule has 0 saturated carbocycles. The van der Waals surface area contributed by atoms with Crippen LogP contribution >= 0.6 is 24.2 Å². The van der Waals surface area contributed by atoms with Crippen LogP contribution in [-0.4, -0.2) is 17.4 Å². The van der Waals surface area contributed by atoms with Gasteiger partial charge < -0.3 is 11.1 Å². The average Bonchev–Trinajstić information content (AvgIpc) is 2.42. The second kappa shape index (κ2) is 10.1. The van der Waals surface area contributed by atoms with Gasteiger partial charge in [-0.2, -0.15) is 24.9 Å². The van der Waals surface area contributed by atoms with Gasteiger partial charge in [0.2, 0.25) is 5.91 Å². The fourth-order valence-electron chi connectivity index (χ4n) is 1.73. The second-order valence-electron chi connectivity index (χ2n) is 5.40. The van der Waals surface area contributed by atoms with Crippen molar-refractivity contribution in [2.75, 3.05) is 16.8 Å². The maximum absolute atomic E-state index is 12.8. The van der Waals surface area contributed by atoms with Gasteiger partial charge in [0.25, 0.3) is 0 Å². The number of thioether (sulfide) groups is 1. The van der Waals surface area contributed by atoms with Gasteiger partial charge in [-0.15, -0.1) is 12.4 Å². The molecule has 0 heterocycles. The number of amides is 1. The van der Waals surface area contributed by atoms with Crippen molar-refractivity contribution >= 4 is 35.8 Å². The zero-order valence-electron chi connectivity index (χ0n) is 13.1. The van der Waals surface area contributed by atoms with Crippen LogP contribution in [0.3, 0.4) is 0 Å². The minimum atomic E-state index is -4.46. The lowest BCUT2D eigenvalue weighted by molar-refractivity contribution is -0.137. The first-order chi connectivity index (χ1) is 10.2. The number of hydrogen-bond acceptors (Lipinski definition) is 3. The van der Waals surface area contributed by atoms with Crippen molar-refractivity contribution in [2.24, 2.45) is 11.7 Å². The van der Waals surface area contributed by atoms with Crippen LogP contribution in [0.15, 0.2) is 18.2 Å². The summed E-state index contributed by atoms with van der Waals surface area (Å²) in [4.78, 5) is 11.8. The number of nitrogens with two attached hydrogens (primary N) is 1. The molecule has 0 saturated heterocycles. The first-order valence-electron chi connectivity index (χ1n) is 7.01. The monoisotopic (exact) mass is 370 g/mol. The van der Waals surface area contributed by atoms with Crippen LogP contribution in [-0.2, 0) is 17.5 Å². The van der Waals surface area contributed by atoms with E-state index < -0.39 is 11.7 Å². The number of halogens is 4. The van der Waals surface area contributed by atoms with Crippen LogP contribution in [0.25, 0.3) is 0 Å². The molecule has 0 unspecified atom stereocenters. The zero-order valence-corrected chi connectivity index (χ0v) is 14.7. The first kappa shape index (κ1) is 22.1. The van der Waals surface area contributed by atoms with Crippen LogP contribution in [0.5, 0.6) is 0 Å². The van der Waals surface area contributed by atoms with Crippen molar-refractivity contribution in [2.45, 2.75) is 33.0 Å². The number of carbonyl (C=O) groups excluding carboxylic acids is 1. The molecule has 1 amide bonds. The summed E-state index contributed by atoms with van der Waals surface area (Å²) in [6.07, 6.45) is -3.46. The van der Waals surface area contributed by atoms with E-state index in [-0.39, 0.29) is 36.3 Å². The van der Waals surface area contributed by atoms with E-state index in [2.05, 4.69) is 19.2 Å². The molecule has 1 aromatic rings. The maximum atomic E-state index is 12.8. The standard InChI is InChI=1S/C15H21F3N2OS.ClH/c1-10(2)3-4-22-9-14(21)20-13-6-11(8-19)5-12(7-13)15(16,17)18;/h5-7,10H,3-4,8-9,19H2,1-2H3,(H,20,21);1H. The molecule has 1 aromatic carbocycles. The molecule has 0 aliphatic rings. The van der Waals surface area contributed by atoms with Gasteiger partial charge >= 0.3 is 6.18 Å². The Morgan fingerprint density at radius 3 is 2.48 bits per heavy atom. The summed E-state index contributed by atoms with van der Waals surface area (Å²) in [7, 11) is 0. The van der Waals surface area contributed by atoms with Crippen LogP contribution in [0, 0.1) is 5.92 Å². The van der Waals surface area contributed by atoms with Crippen molar-refractivity contribution in [1.82, 2.24) is 0 Å². The highest BCUT2D eigenvalue weighted by Crippen LogP contribution is 2.32. The van der Waals surface area contributed by atoms with E-state index in [0.717, 1.165) is 24.3 Å². The molecular formula is C15H22ClF3N2OS. The summed E-state index contributed by atoms with van der Waals surface area (Å²) in [5, 5.41) is 2.50. The number of anilines is 1. The minimum Gasteiger partial charge on any atom is -0.326 e. The molecule has 0 aliphatic heterocycles. The summed E-state index contributed by atoms with van der Waals surface area (Å²) in [5.74, 6) is 1.32. The third-order valence-electron chi connectivity index (χ3n) is 2.91. The van der Waals surface area contributed by atoms with E-state index in [1.54, 1.807) is 0 Å². The summed E-state index contributed by atoms with van der Waals surface area (Å²) in [6.45, 7) is 4.17. The lowest BCUT2D eigenvalue weighted by Gasteiger charge is -2.12. The minimum absolute atomic E-state index is 0. The number of hydrogen-bond donors (Lipinski definition) is 2. The fourth-order valence-corrected chi connectivity index (χ4v) is 2.77. The van der Waals surface area contributed by atoms with Gasteiger partial charge in [0, 0.05) is 12.2 Å². The van der Waals surface area contributed by atoms with Gasteiger partial charge in [0.15, 0.2) is 0 Å². The lowest BCUT2D eigenvalue weighted by atomic mass is 10.1. The van der Waals surface area contributed by atoms with E-state index in [1.807, 2.05) is 0 Å². The second-order valence-corrected chi connectivity index (χ2v) is 6.51. The largest absolute Gasteiger partial charge is 0.416 e. The highest BCUT2D eigenvalue weighted by molar-refractivity contribution is 7.99. The summed E-state index contributed by atoms with van der Waals surface area (Å²) < 4.78 is 38.4. The van der Waals surface area contributed by atoms with Gasteiger partial charge in [0.1, 0.15) is 0 Å². The van der Waals surface area contributed by atoms with E-state index in [0.29, 0.717) is 11.5 Å². The maximum Gasteiger partial charge on any atom is 0.416 e. The van der Waals surface area contributed by atoms with Gasteiger partial charge in [0.05, 0.1) is 11.3 Å². The van der Waals surface area contributed by atoms with Crippen LogP contribution < -0.4 is 11.1 Å². The normalized spacial score (nSPS) is 11.3. The molecule has 3 nitrogen and oxygen atoms in total. The quantitative estimate of drug-likeness (QED) is 0.703. The average molecular weight is 371 g/mol. The van der Waals surface area contributed by atoms with Gasteiger partial charge in [-0.05, 0) is 41.9 Å². The molecular weight excluding hydrogens is 349 g/mol. The van der Waals surface area contributed by atoms with Crippen LogP contribution in [0.2, 0.25) is 0 Å². The van der Waals surface area contributed by atoms with Gasteiger partial charge in [-0.3, -0.25) is 4.79 Å². The summed E-state index contributed by atoms with van der Waals surface area (Å²) >= 11 is 1.47. The third-order valence-corrected chi connectivity index (χ3v) is 3.90. The van der Waals surface area contributed by atoms with Gasteiger partial charge in [-0.1, -0.05) is 13.8 Å². The number of benzene rings is 1.